The highest BCUT2D eigenvalue weighted by Gasteiger charge is 2.47. The van der Waals surface area contributed by atoms with Crippen LogP contribution in [0.1, 0.15) is 26.2 Å². The second kappa shape index (κ2) is 4.50. The number of hydrogen-bond acceptors (Lipinski definition) is 2. The molecule has 2 unspecified atom stereocenters. The van der Waals surface area contributed by atoms with E-state index in [0.29, 0.717) is 6.42 Å². The van der Waals surface area contributed by atoms with Gasteiger partial charge in [-0.05, 0) is 30.8 Å². The normalized spacial score (nSPS) is 30.3. The molecule has 2 rings (SSSR count). The monoisotopic (exact) mass is 244 g/mol. The fraction of sp³-hybridized carbons (Fsp3) is 0.692. The molecule has 96 valence electrons. The Morgan fingerprint density at radius 1 is 1.47 bits per heavy atom. The lowest BCUT2D eigenvalue weighted by atomic mass is 9.70. The van der Waals surface area contributed by atoms with E-state index in [1.807, 2.05) is 19.1 Å². The number of aliphatic hydroxyl groups excluding tert-OH is 1. The molecule has 0 aliphatic heterocycles. The van der Waals surface area contributed by atoms with Crippen molar-refractivity contribution in [3.63, 3.8) is 0 Å². The molecule has 0 aromatic heterocycles. The fourth-order valence-corrected chi connectivity index (χ4v) is 2.67. The van der Waals surface area contributed by atoms with Crippen LogP contribution in [0.2, 0.25) is 0 Å². The number of halogens is 2. The van der Waals surface area contributed by atoms with Gasteiger partial charge < -0.3 is 9.84 Å². The lowest BCUT2D eigenvalue weighted by Crippen LogP contribution is -2.39. The molecule has 1 N–H and O–H groups in total. The highest BCUT2D eigenvalue weighted by Crippen LogP contribution is 2.48. The summed E-state index contributed by atoms with van der Waals surface area (Å²) in [6, 6.07) is 0. The molecular formula is C13H18F2O2. The molecule has 1 fully saturated rings. The Labute approximate surface area is 100.0 Å². The largest absolute Gasteiger partial charge is 0.364 e. The highest BCUT2D eigenvalue weighted by molar-refractivity contribution is 5.35. The minimum atomic E-state index is -2.46. The van der Waals surface area contributed by atoms with E-state index in [0.717, 1.165) is 11.1 Å². The molecule has 2 aliphatic carbocycles. The zero-order valence-electron chi connectivity index (χ0n) is 10.1. The van der Waals surface area contributed by atoms with Gasteiger partial charge in [-0.2, -0.15) is 0 Å². The molecule has 0 amide bonds. The minimum Gasteiger partial charge on any atom is -0.364 e. The molecule has 0 radical (unpaired) electrons. The smallest absolute Gasteiger partial charge is 0.248 e. The molecule has 1 saturated carbocycles. The molecule has 2 aliphatic rings. The highest BCUT2D eigenvalue weighted by atomic mass is 19.3. The van der Waals surface area contributed by atoms with Crippen LogP contribution in [0.4, 0.5) is 8.78 Å². The van der Waals surface area contributed by atoms with Crippen LogP contribution in [0.15, 0.2) is 23.3 Å². The SMILES string of the molecule is COC(O)C1=CCC(C2CC(F)(F)C2)C=C1C. The van der Waals surface area contributed by atoms with E-state index in [1.54, 1.807) is 0 Å². The predicted octanol–water partition coefficient (Wildman–Crippen LogP) is 2.89. The van der Waals surface area contributed by atoms with Gasteiger partial charge in [0, 0.05) is 25.5 Å². The molecule has 0 saturated heterocycles. The summed E-state index contributed by atoms with van der Waals surface area (Å²) in [6.07, 6.45) is 3.71. The van der Waals surface area contributed by atoms with Crippen LogP contribution >= 0.6 is 0 Å². The first-order valence-corrected chi connectivity index (χ1v) is 5.90. The second-order valence-corrected chi connectivity index (χ2v) is 5.02. The van der Waals surface area contributed by atoms with Crippen LogP contribution in [-0.4, -0.2) is 24.4 Å². The van der Waals surface area contributed by atoms with E-state index in [1.165, 1.54) is 7.11 Å². The van der Waals surface area contributed by atoms with Crippen molar-refractivity contribution in [3.05, 3.63) is 23.3 Å². The topological polar surface area (TPSA) is 29.5 Å². The van der Waals surface area contributed by atoms with Gasteiger partial charge in [0.2, 0.25) is 5.92 Å². The van der Waals surface area contributed by atoms with Crippen molar-refractivity contribution in [2.45, 2.75) is 38.4 Å². The first-order chi connectivity index (χ1) is 7.93. The summed E-state index contributed by atoms with van der Waals surface area (Å²) in [5.41, 5.74) is 1.70. The summed E-state index contributed by atoms with van der Waals surface area (Å²) in [4.78, 5) is 0. The van der Waals surface area contributed by atoms with Crippen LogP contribution in [-0.2, 0) is 4.74 Å². The lowest BCUT2D eigenvalue weighted by Gasteiger charge is -2.40. The van der Waals surface area contributed by atoms with Gasteiger partial charge in [-0.1, -0.05) is 12.2 Å². The Morgan fingerprint density at radius 3 is 2.59 bits per heavy atom. The molecule has 2 atom stereocenters. The summed E-state index contributed by atoms with van der Waals surface area (Å²) in [5, 5.41) is 9.58. The first-order valence-electron chi connectivity index (χ1n) is 5.90. The van der Waals surface area contributed by atoms with Crippen LogP contribution in [0.5, 0.6) is 0 Å². The van der Waals surface area contributed by atoms with Crippen molar-refractivity contribution in [2.24, 2.45) is 11.8 Å². The summed E-state index contributed by atoms with van der Waals surface area (Å²) in [6.45, 7) is 1.89. The van der Waals surface area contributed by atoms with Crippen molar-refractivity contribution < 1.29 is 18.6 Å². The molecule has 0 aromatic carbocycles. The number of allylic oxidation sites excluding steroid dienone is 2. The fourth-order valence-electron chi connectivity index (χ4n) is 2.67. The van der Waals surface area contributed by atoms with Gasteiger partial charge >= 0.3 is 0 Å². The van der Waals surface area contributed by atoms with Crippen LogP contribution in [0.3, 0.4) is 0 Å². The summed E-state index contributed by atoms with van der Waals surface area (Å²) >= 11 is 0. The average molecular weight is 244 g/mol. The van der Waals surface area contributed by atoms with Gasteiger partial charge in [-0.3, -0.25) is 0 Å². The lowest BCUT2D eigenvalue weighted by molar-refractivity contribution is -0.121. The number of hydrogen-bond donors (Lipinski definition) is 1. The van der Waals surface area contributed by atoms with Gasteiger partial charge in [-0.15, -0.1) is 0 Å². The maximum Gasteiger partial charge on any atom is 0.248 e. The standard InChI is InChI=1S/C13H18F2O2/c1-8-5-9(10-6-13(14,15)7-10)3-4-11(8)12(16)17-2/h4-5,9-10,12,16H,3,6-7H2,1-2H3. The predicted molar refractivity (Wildman–Crippen MR) is 60.6 cm³/mol. The van der Waals surface area contributed by atoms with Crippen molar-refractivity contribution in [2.75, 3.05) is 7.11 Å². The maximum atomic E-state index is 12.8. The van der Waals surface area contributed by atoms with Crippen LogP contribution < -0.4 is 0 Å². The van der Waals surface area contributed by atoms with Gasteiger partial charge in [0.15, 0.2) is 6.29 Å². The van der Waals surface area contributed by atoms with Crippen molar-refractivity contribution in [1.82, 2.24) is 0 Å². The van der Waals surface area contributed by atoms with Crippen LogP contribution in [0, 0.1) is 11.8 Å². The van der Waals surface area contributed by atoms with Gasteiger partial charge in [-0.25, -0.2) is 8.78 Å². The minimum absolute atomic E-state index is 0.00253. The molecule has 17 heavy (non-hydrogen) atoms. The molecule has 0 bridgehead atoms. The Bertz CT molecular complexity index is 352. The number of alkyl halides is 2. The number of rotatable bonds is 3. The van der Waals surface area contributed by atoms with E-state index in [2.05, 4.69) is 0 Å². The quantitative estimate of drug-likeness (QED) is 0.773. The van der Waals surface area contributed by atoms with Crippen molar-refractivity contribution in [3.8, 4) is 0 Å². The molecule has 4 heteroatoms. The maximum absolute atomic E-state index is 12.8. The Balaban J connectivity index is 1.98. The van der Waals surface area contributed by atoms with Gasteiger partial charge in [0.25, 0.3) is 0 Å². The molecule has 0 heterocycles. The van der Waals surface area contributed by atoms with E-state index in [-0.39, 0.29) is 24.7 Å². The Hall–Kier alpha value is -0.740. The third kappa shape index (κ3) is 2.58. The Morgan fingerprint density at radius 2 is 2.12 bits per heavy atom. The summed E-state index contributed by atoms with van der Waals surface area (Å²) in [7, 11) is 1.44. The molecule has 0 aromatic rings. The zero-order valence-corrected chi connectivity index (χ0v) is 10.1. The van der Waals surface area contributed by atoms with Crippen molar-refractivity contribution in [1.29, 1.82) is 0 Å². The van der Waals surface area contributed by atoms with Crippen molar-refractivity contribution >= 4 is 0 Å². The van der Waals surface area contributed by atoms with Crippen LogP contribution in [0.25, 0.3) is 0 Å². The average Bonchev–Trinajstić information content (AvgIpc) is 2.24. The van der Waals surface area contributed by atoms with Gasteiger partial charge in [0.05, 0.1) is 0 Å². The third-order valence-electron chi connectivity index (χ3n) is 3.75. The third-order valence-corrected chi connectivity index (χ3v) is 3.75. The number of methoxy groups -OCH3 is 1. The number of ether oxygens (including phenoxy) is 1. The Kier molecular flexibility index (Phi) is 3.36. The molecule has 0 spiro atoms. The zero-order chi connectivity index (χ0) is 12.6. The summed E-state index contributed by atoms with van der Waals surface area (Å²) in [5.74, 6) is -2.19. The van der Waals surface area contributed by atoms with E-state index >= 15 is 0 Å². The second-order valence-electron chi connectivity index (χ2n) is 5.02. The van der Waals surface area contributed by atoms with Gasteiger partial charge in [0.1, 0.15) is 0 Å². The first kappa shape index (κ1) is 12.7. The molecule has 2 nitrogen and oxygen atoms in total. The van der Waals surface area contributed by atoms with E-state index < -0.39 is 12.2 Å². The summed E-state index contributed by atoms with van der Waals surface area (Å²) < 4.78 is 30.5. The number of aliphatic hydroxyl groups is 1. The molecular weight excluding hydrogens is 226 g/mol. The van der Waals surface area contributed by atoms with E-state index in [9.17, 15) is 13.9 Å². The van der Waals surface area contributed by atoms with E-state index in [4.69, 9.17) is 4.74 Å².